The molecule has 0 unspecified atom stereocenters. The molecule has 0 aromatic heterocycles. The fraction of sp³-hybridized carbons (Fsp3) is 0.318. The third-order valence-corrected chi connectivity index (χ3v) is 4.72. The Morgan fingerprint density at radius 3 is 1.93 bits per heavy atom. The number of allylic oxidation sites excluding steroid dienone is 1. The van der Waals surface area contributed by atoms with E-state index >= 15 is 0 Å². The van der Waals surface area contributed by atoms with Gasteiger partial charge < -0.3 is 18.0 Å². The highest BCUT2D eigenvalue weighted by molar-refractivity contribution is 6.25. The minimum Gasteiger partial charge on any atom is -0.618 e. The van der Waals surface area contributed by atoms with E-state index in [1.165, 1.54) is 5.56 Å². The molecule has 4 nitrogen and oxygen atoms in total. The van der Waals surface area contributed by atoms with E-state index in [1.807, 2.05) is 30.3 Å². The van der Waals surface area contributed by atoms with E-state index in [0.29, 0.717) is 0 Å². The van der Waals surface area contributed by atoms with E-state index < -0.39 is 10.0 Å². The molecule has 144 valence electrons. The van der Waals surface area contributed by atoms with Crippen LogP contribution in [0, 0.1) is 0 Å². The van der Waals surface area contributed by atoms with Crippen molar-refractivity contribution in [1.29, 1.82) is 0 Å². The van der Waals surface area contributed by atoms with E-state index in [1.54, 1.807) is 21.3 Å². The van der Waals surface area contributed by atoms with Gasteiger partial charge in [0.2, 0.25) is 0 Å². The maximum atomic E-state index is 5.76. The molecule has 0 saturated heterocycles. The van der Waals surface area contributed by atoms with Crippen molar-refractivity contribution in [3.05, 3.63) is 71.3 Å². The van der Waals surface area contributed by atoms with Gasteiger partial charge in [-0.05, 0) is 35.2 Å². The zero-order chi connectivity index (χ0) is 19.9. The molecular formula is C22H28O4Si. The Hall–Kier alpha value is -2.37. The fourth-order valence-electron chi connectivity index (χ4n) is 2.51. The Balaban J connectivity index is 0.000000817. The molecule has 1 aliphatic heterocycles. The van der Waals surface area contributed by atoms with Gasteiger partial charge in [-0.2, -0.15) is 0 Å². The van der Waals surface area contributed by atoms with Crippen LogP contribution in [0.1, 0.15) is 41.6 Å². The first-order chi connectivity index (χ1) is 12.9. The summed E-state index contributed by atoms with van der Waals surface area (Å²) >= 11 is 0. The van der Waals surface area contributed by atoms with Crippen LogP contribution in [0.4, 0.5) is 0 Å². The molecule has 1 heterocycles. The van der Waals surface area contributed by atoms with Crippen molar-refractivity contribution >= 4 is 21.5 Å². The van der Waals surface area contributed by atoms with Crippen molar-refractivity contribution in [3.63, 3.8) is 0 Å². The largest absolute Gasteiger partial charge is 0.618 e. The van der Waals surface area contributed by atoms with Crippen LogP contribution in [0.5, 0.6) is 5.75 Å². The summed E-state index contributed by atoms with van der Waals surface area (Å²) in [7, 11) is 4.36. The second-order valence-electron chi connectivity index (χ2n) is 7.17. The molecule has 3 rings (SSSR count). The summed E-state index contributed by atoms with van der Waals surface area (Å²) in [6, 6.07) is 16.4. The van der Waals surface area contributed by atoms with Crippen LogP contribution in [0.3, 0.4) is 0 Å². The Kier molecular flexibility index (Phi) is 7.39. The molecule has 0 N–H and O–H groups in total. The molecule has 0 spiro atoms. The monoisotopic (exact) mass is 384 g/mol. The summed E-state index contributed by atoms with van der Waals surface area (Å²) in [6.45, 7) is 6.64. The Labute approximate surface area is 164 Å². The van der Waals surface area contributed by atoms with Crippen LogP contribution >= 0.6 is 0 Å². The highest BCUT2D eigenvalue weighted by Gasteiger charge is 2.18. The SMILES string of the molecule is COC.COc1ccc(C2=[O+][SiH-]OC(c3ccc(C(C)(C)C)cc3)=C2)cc1. The number of carbonyl (C=O) groups excluding carboxylic acids is 1. The van der Waals surface area contributed by atoms with E-state index in [4.69, 9.17) is 13.3 Å². The number of rotatable bonds is 3. The van der Waals surface area contributed by atoms with E-state index in [-0.39, 0.29) is 5.41 Å². The van der Waals surface area contributed by atoms with Crippen molar-refractivity contribution in [2.24, 2.45) is 0 Å². The number of benzene rings is 2. The number of hydrogen-bond acceptors (Lipinski definition) is 3. The van der Waals surface area contributed by atoms with Gasteiger partial charge in [0.15, 0.2) is 0 Å². The third-order valence-electron chi connectivity index (χ3n) is 4.02. The van der Waals surface area contributed by atoms with Gasteiger partial charge in [0.25, 0.3) is 5.78 Å². The molecule has 0 aliphatic carbocycles. The van der Waals surface area contributed by atoms with Gasteiger partial charge in [0.05, 0.1) is 24.5 Å². The quantitative estimate of drug-likeness (QED) is 0.585. The van der Waals surface area contributed by atoms with Gasteiger partial charge in [0, 0.05) is 19.8 Å². The van der Waals surface area contributed by atoms with Crippen molar-refractivity contribution < 1.29 is 18.0 Å². The first-order valence-electron chi connectivity index (χ1n) is 8.78. The summed E-state index contributed by atoms with van der Waals surface area (Å²) in [6.07, 6.45) is 1.96. The Morgan fingerprint density at radius 2 is 1.41 bits per heavy atom. The molecule has 2 aromatic carbocycles. The van der Waals surface area contributed by atoms with Gasteiger partial charge in [-0.3, -0.25) is 0 Å². The summed E-state index contributed by atoms with van der Waals surface area (Å²) in [4.78, 5) is 0. The van der Waals surface area contributed by atoms with E-state index in [9.17, 15) is 0 Å². The van der Waals surface area contributed by atoms with Crippen LogP contribution in [-0.4, -0.2) is 37.1 Å². The lowest BCUT2D eigenvalue weighted by molar-refractivity contribution is -0.101. The minimum atomic E-state index is -0.551. The molecule has 1 aliphatic rings. The van der Waals surface area contributed by atoms with Gasteiger partial charge >= 0.3 is 10.0 Å². The molecule has 0 bridgehead atoms. The molecule has 0 fully saturated rings. The summed E-state index contributed by atoms with van der Waals surface area (Å²) in [5.41, 5.74) is 3.56. The second kappa shape index (κ2) is 9.53. The smallest absolute Gasteiger partial charge is 0.440 e. The number of ketones is 1. The molecule has 0 amide bonds. The molecule has 2 aromatic rings. The first kappa shape index (κ1) is 20.9. The molecular weight excluding hydrogens is 356 g/mol. The first-order valence-corrected chi connectivity index (χ1v) is 9.72. The summed E-state index contributed by atoms with van der Waals surface area (Å²) < 4.78 is 20.9. The number of hydrogen-bond donors (Lipinski definition) is 0. The van der Waals surface area contributed by atoms with Gasteiger partial charge in [0.1, 0.15) is 5.75 Å². The van der Waals surface area contributed by atoms with Crippen LogP contribution < -0.4 is 4.74 Å². The van der Waals surface area contributed by atoms with E-state index in [2.05, 4.69) is 49.8 Å². The zero-order valence-electron chi connectivity index (χ0n) is 16.9. The fourth-order valence-corrected chi connectivity index (χ4v) is 3.17. The molecule has 5 heteroatoms. The van der Waals surface area contributed by atoms with Gasteiger partial charge in [-0.25, -0.2) is 0 Å². The van der Waals surface area contributed by atoms with Crippen LogP contribution in [0.2, 0.25) is 0 Å². The molecule has 0 radical (unpaired) electrons. The highest BCUT2D eigenvalue weighted by atomic mass is 28.2. The minimum absolute atomic E-state index is 0.148. The molecule has 27 heavy (non-hydrogen) atoms. The molecule has 0 saturated carbocycles. The average Bonchev–Trinajstić information content (AvgIpc) is 2.68. The van der Waals surface area contributed by atoms with Crippen LogP contribution in [0.15, 0.2) is 54.6 Å². The predicted molar refractivity (Wildman–Crippen MR) is 112 cm³/mol. The van der Waals surface area contributed by atoms with Crippen molar-refractivity contribution in [3.8, 4) is 5.75 Å². The van der Waals surface area contributed by atoms with E-state index in [0.717, 1.165) is 28.4 Å². The van der Waals surface area contributed by atoms with Crippen LogP contribution in [0.25, 0.3) is 5.76 Å². The number of ether oxygens (including phenoxy) is 2. The summed E-state index contributed by atoms with van der Waals surface area (Å²) in [5, 5.41) is 0. The predicted octanol–water partition coefficient (Wildman–Crippen LogP) is 4.31. The normalized spacial score (nSPS) is 13.3. The maximum Gasteiger partial charge on any atom is 0.440 e. The summed E-state index contributed by atoms with van der Waals surface area (Å²) in [5.74, 6) is 2.54. The maximum absolute atomic E-state index is 5.76. The van der Waals surface area contributed by atoms with Gasteiger partial charge in [-0.1, -0.05) is 45.0 Å². The standard InChI is InChI=1S/C20H22O3Si.C2H6O/c1-20(2,3)16-9-5-14(6-10-16)18-13-19(23-24-22-18)15-7-11-17(21-4)12-8-15;1-3-2/h5-13,24H,1-4H3;1-2H3. The number of methoxy groups -OCH3 is 2. The molecule has 0 atom stereocenters. The van der Waals surface area contributed by atoms with Crippen molar-refractivity contribution in [2.75, 3.05) is 21.3 Å². The zero-order valence-corrected chi connectivity index (χ0v) is 18.1. The lowest BCUT2D eigenvalue weighted by atomic mass is 9.86. The van der Waals surface area contributed by atoms with Crippen LogP contribution in [-0.2, 0) is 14.6 Å². The topological polar surface area (TPSA) is 39.0 Å². The Morgan fingerprint density at radius 1 is 0.852 bits per heavy atom. The van der Waals surface area contributed by atoms with Gasteiger partial charge in [-0.15, -0.1) is 0 Å². The highest BCUT2D eigenvalue weighted by Crippen LogP contribution is 2.26. The third kappa shape index (κ3) is 5.81. The average molecular weight is 385 g/mol. The lowest BCUT2D eigenvalue weighted by Crippen LogP contribution is -2.12. The van der Waals surface area contributed by atoms with Crippen molar-refractivity contribution in [2.45, 2.75) is 26.2 Å². The second-order valence-corrected chi connectivity index (χ2v) is 7.83. The Bertz CT molecular complexity index is 785. The lowest BCUT2D eigenvalue weighted by Gasteiger charge is -2.20. The van der Waals surface area contributed by atoms with Crippen molar-refractivity contribution in [1.82, 2.24) is 0 Å².